The predicted molar refractivity (Wildman–Crippen MR) is 60.3 cm³/mol. The Kier molecular flexibility index (Phi) is 3.98. The van der Waals surface area contributed by atoms with Crippen LogP contribution in [0.2, 0.25) is 0 Å². The number of anilines is 1. The summed E-state index contributed by atoms with van der Waals surface area (Å²) in [6.07, 6.45) is 4.47. The van der Waals surface area contributed by atoms with Gasteiger partial charge in [0.1, 0.15) is 11.6 Å². The first-order chi connectivity index (χ1) is 6.70. The maximum atomic E-state index is 6.03. The quantitative estimate of drug-likeness (QED) is 0.784. The summed E-state index contributed by atoms with van der Waals surface area (Å²) >= 11 is 0. The molecule has 0 unspecified atom stereocenters. The normalized spacial score (nSPS) is 10.8. The maximum Gasteiger partial charge on any atom is 0.126 e. The summed E-state index contributed by atoms with van der Waals surface area (Å²) in [4.78, 5) is 4.49. The Hall–Kier alpha value is -0.990. The molecule has 0 aliphatic rings. The fourth-order valence-corrected chi connectivity index (χ4v) is 1.66. The molecular formula is C11H21N3. The van der Waals surface area contributed by atoms with Crippen LogP contribution in [0.3, 0.4) is 0 Å². The first kappa shape index (κ1) is 11.1. The van der Waals surface area contributed by atoms with Crippen molar-refractivity contribution in [2.75, 3.05) is 5.73 Å². The van der Waals surface area contributed by atoms with Gasteiger partial charge in [-0.2, -0.15) is 0 Å². The van der Waals surface area contributed by atoms with Gasteiger partial charge in [-0.3, -0.25) is 0 Å². The van der Waals surface area contributed by atoms with Crippen LogP contribution < -0.4 is 5.73 Å². The minimum atomic E-state index is 0.873. The number of aromatic nitrogens is 2. The van der Waals surface area contributed by atoms with Crippen LogP contribution in [-0.2, 0) is 13.0 Å². The van der Waals surface area contributed by atoms with Gasteiger partial charge in [0.2, 0.25) is 0 Å². The number of nitrogens with two attached hydrogens (primary N) is 1. The van der Waals surface area contributed by atoms with Gasteiger partial charge in [0.15, 0.2) is 0 Å². The lowest BCUT2D eigenvalue weighted by molar-refractivity contribution is 0.622. The highest BCUT2D eigenvalue weighted by Gasteiger charge is 2.09. The Labute approximate surface area is 86.3 Å². The van der Waals surface area contributed by atoms with E-state index < -0.39 is 0 Å². The van der Waals surface area contributed by atoms with Crippen molar-refractivity contribution in [3.63, 3.8) is 0 Å². The van der Waals surface area contributed by atoms with E-state index in [4.69, 9.17) is 5.73 Å². The van der Waals surface area contributed by atoms with E-state index in [-0.39, 0.29) is 0 Å². The van der Waals surface area contributed by atoms with E-state index in [1.165, 1.54) is 12.8 Å². The molecule has 0 aromatic carbocycles. The lowest BCUT2D eigenvalue weighted by atomic mass is 10.2. The van der Waals surface area contributed by atoms with Gasteiger partial charge < -0.3 is 10.3 Å². The van der Waals surface area contributed by atoms with E-state index in [1.54, 1.807) is 0 Å². The van der Waals surface area contributed by atoms with E-state index in [2.05, 4.69) is 23.4 Å². The second-order valence-corrected chi connectivity index (χ2v) is 3.75. The third-order valence-electron chi connectivity index (χ3n) is 2.50. The number of aryl methyl sites for hydroxylation is 2. The second kappa shape index (κ2) is 5.03. The molecule has 0 saturated carbocycles. The van der Waals surface area contributed by atoms with Crippen molar-refractivity contribution in [3.8, 4) is 0 Å². The van der Waals surface area contributed by atoms with E-state index in [1.807, 2.05) is 6.92 Å². The molecule has 1 aromatic heterocycles. The third kappa shape index (κ3) is 2.28. The maximum absolute atomic E-state index is 6.03. The van der Waals surface area contributed by atoms with Crippen LogP contribution in [0, 0.1) is 6.92 Å². The van der Waals surface area contributed by atoms with Gasteiger partial charge >= 0.3 is 0 Å². The van der Waals surface area contributed by atoms with Crippen LogP contribution >= 0.6 is 0 Å². The SMILES string of the molecule is CCCCn1c(C)nc(CCC)c1N. The molecular weight excluding hydrogens is 174 g/mol. The number of imidazole rings is 1. The van der Waals surface area contributed by atoms with E-state index >= 15 is 0 Å². The zero-order valence-electron chi connectivity index (χ0n) is 9.51. The molecule has 3 nitrogen and oxygen atoms in total. The molecule has 0 fully saturated rings. The van der Waals surface area contributed by atoms with Crippen molar-refractivity contribution in [2.45, 2.75) is 53.0 Å². The molecule has 80 valence electrons. The molecule has 1 heterocycles. The molecule has 1 rings (SSSR count). The zero-order valence-corrected chi connectivity index (χ0v) is 9.51. The van der Waals surface area contributed by atoms with Crippen LogP contribution in [-0.4, -0.2) is 9.55 Å². The Balaban J connectivity index is 2.81. The first-order valence-electron chi connectivity index (χ1n) is 5.52. The minimum Gasteiger partial charge on any atom is -0.384 e. The van der Waals surface area contributed by atoms with Gasteiger partial charge in [0.25, 0.3) is 0 Å². The second-order valence-electron chi connectivity index (χ2n) is 3.75. The Bertz CT molecular complexity index is 289. The molecule has 0 amide bonds. The largest absolute Gasteiger partial charge is 0.384 e. The van der Waals surface area contributed by atoms with Gasteiger partial charge in [-0.05, 0) is 19.8 Å². The molecule has 3 heteroatoms. The highest BCUT2D eigenvalue weighted by Crippen LogP contribution is 2.16. The topological polar surface area (TPSA) is 43.8 Å². The Morgan fingerprint density at radius 3 is 2.57 bits per heavy atom. The van der Waals surface area contributed by atoms with Crippen molar-refractivity contribution in [2.24, 2.45) is 0 Å². The molecule has 0 atom stereocenters. The number of hydrogen-bond donors (Lipinski definition) is 1. The fraction of sp³-hybridized carbons (Fsp3) is 0.727. The lowest BCUT2D eigenvalue weighted by Gasteiger charge is -2.06. The summed E-state index contributed by atoms with van der Waals surface area (Å²) in [5, 5.41) is 0. The Morgan fingerprint density at radius 1 is 1.29 bits per heavy atom. The van der Waals surface area contributed by atoms with Crippen molar-refractivity contribution < 1.29 is 0 Å². The van der Waals surface area contributed by atoms with Crippen molar-refractivity contribution >= 4 is 5.82 Å². The highest BCUT2D eigenvalue weighted by molar-refractivity contribution is 5.38. The van der Waals surface area contributed by atoms with E-state index in [0.717, 1.165) is 36.7 Å². The van der Waals surface area contributed by atoms with Gasteiger partial charge in [-0.15, -0.1) is 0 Å². The average molecular weight is 195 g/mol. The van der Waals surface area contributed by atoms with Gasteiger partial charge in [0.05, 0.1) is 5.69 Å². The summed E-state index contributed by atoms with van der Waals surface area (Å²) in [5.41, 5.74) is 7.10. The Morgan fingerprint density at radius 2 is 2.00 bits per heavy atom. The van der Waals surface area contributed by atoms with Crippen molar-refractivity contribution in [3.05, 3.63) is 11.5 Å². The molecule has 0 bridgehead atoms. The van der Waals surface area contributed by atoms with Gasteiger partial charge in [-0.25, -0.2) is 4.98 Å². The highest BCUT2D eigenvalue weighted by atomic mass is 15.1. The standard InChI is InChI=1S/C11H21N3/c1-4-6-8-14-9(3)13-10(7-5-2)11(14)12/h4-8,12H2,1-3H3. The number of rotatable bonds is 5. The van der Waals surface area contributed by atoms with Gasteiger partial charge in [0, 0.05) is 6.54 Å². The van der Waals surface area contributed by atoms with Crippen molar-refractivity contribution in [1.82, 2.24) is 9.55 Å². The van der Waals surface area contributed by atoms with Crippen LogP contribution in [0.1, 0.15) is 44.6 Å². The van der Waals surface area contributed by atoms with Crippen LogP contribution in [0.15, 0.2) is 0 Å². The molecule has 0 radical (unpaired) electrons. The van der Waals surface area contributed by atoms with Crippen LogP contribution in [0.25, 0.3) is 0 Å². The fourth-order valence-electron chi connectivity index (χ4n) is 1.66. The number of hydrogen-bond acceptors (Lipinski definition) is 2. The number of nitrogens with zero attached hydrogens (tertiary/aromatic N) is 2. The molecule has 0 aliphatic carbocycles. The van der Waals surface area contributed by atoms with E-state index in [0.29, 0.717) is 0 Å². The summed E-state index contributed by atoms with van der Waals surface area (Å²) in [7, 11) is 0. The summed E-state index contributed by atoms with van der Waals surface area (Å²) < 4.78 is 2.13. The molecule has 14 heavy (non-hydrogen) atoms. The lowest BCUT2D eigenvalue weighted by Crippen LogP contribution is -2.05. The molecule has 1 aromatic rings. The zero-order chi connectivity index (χ0) is 10.6. The van der Waals surface area contributed by atoms with Crippen LogP contribution in [0.4, 0.5) is 5.82 Å². The molecule has 0 spiro atoms. The monoisotopic (exact) mass is 195 g/mol. The summed E-state index contributed by atoms with van der Waals surface area (Å²) in [6.45, 7) is 7.38. The predicted octanol–water partition coefficient (Wildman–Crippen LogP) is 2.53. The number of unbranched alkanes of at least 4 members (excludes halogenated alkanes) is 1. The summed E-state index contributed by atoms with van der Waals surface area (Å²) in [6, 6.07) is 0. The smallest absolute Gasteiger partial charge is 0.126 e. The average Bonchev–Trinajstić information content (AvgIpc) is 2.41. The summed E-state index contributed by atoms with van der Waals surface area (Å²) in [5.74, 6) is 1.93. The van der Waals surface area contributed by atoms with Crippen LogP contribution in [0.5, 0.6) is 0 Å². The molecule has 2 N–H and O–H groups in total. The first-order valence-corrected chi connectivity index (χ1v) is 5.52. The minimum absolute atomic E-state index is 0.873. The van der Waals surface area contributed by atoms with Gasteiger partial charge in [-0.1, -0.05) is 26.7 Å². The van der Waals surface area contributed by atoms with E-state index in [9.17, 15) is 0 Å². The number of nitrogen functional groups attached to an aromatic ring is 1. The third-order valence-corrected chi connectivity index (χ3v) is 2.50. The van der Waals surface area contributed by atoms with Crippen molar-refractivity contribution in [1.29, 1.82) is 0 Å². The molecule has 0 saturated heterocycles. The molecule has 0 aliphatic heterocycles.